The van der Waals surface area contributed by atoms with Crippen LogP contribution in [0.4, 0.5) is 0 Å². The Morgan fingerprint density at radius 1 is 1.11 bits per heavy atom. The summed E-state index contributed by atoms with van der Waals surface area (Å²) in [6, 6.07) is 4.20. The lowest BCUT2D eigenvalue weighted by Crippen LogP contribution is -2.33. The first-order valence-corrected chi connectivity index (χ1v) is 6.82. The largest absolute Gasteiger partial charge is 0.493 e. The van der Waals surface area contributed by atoms with Crippen molar-refractivity contribution in [1.82, 2.24) is 4.90 Å². The van der Waals surface area contributed by atoms with Crippen molar-refractivity contribution in [2.24, 2.45) is 0 Å². The molecule has 1 heterocycles. The molecule has 0 N–H and O–H groups in total. The molecule has 1 aliphatic heterocycles. The van der Waals surface area contributed by atoms with Gasteiger partial charge in [0.1, 0.15) is 0 Å². The van der Waals surface area contributed by atoms with Gasteiger partial charge in [0.15, 0.2) is 11.5 Å². The van der Waals surface area contributed by atoms with Gasteiger partial charge in [-0.05, 0) is 36.6 Å². The van der Waals surface area contributed by atoms with Crippen LogP contribution in [0.3, 0.4) is 0 Å². The normalized spacial score (nSPS) is 15.1. The van der Waals surface area contributed by atoms with E-state index in [1.54, 1.807) is 14.2 Å². The van der Waals surface area contributed by atoms with Gasteiger partial charge in [-0.1, -0.05) is 0 Å². The van der Waals surface area contributed by atoms with Gasteiger partial charge in [-0.15, -0.1) is 0 Å². The van der Waals surface area contributed by atoms with Crippen LogP contribution in [0.1, 0.15) is 18.1 Å². The van der Waals surface area contributed by atoms with Crippen LogP contribution in [-0.2, 0) is 17.7 Å². The minimum atomic E-state index is 0.787. The fourth-order valence-electron chi connectivity index (χ4n) is 2.47. The molecular formula is C15H23NO3. The van der Waals surface area contributed by atoms with Gasteiger partial charge in [0.05, 0.1) is 20.8 Å². The molecule has 0 amide bonds. The maximum Gasteiger partial charge on any atom is 0.161 e. The third-order valence-electron chi connectivity index (χ3n) is 3.55. The minimum Gasteiger partial charge on any atom is -0.493 e. The Morgan fingerprint density at radius 2 is 1.79 bits per heavy atom. The van der Waals surface area contributed by atoms with Crippen molar-refractivity contribution in [2.45, 2.75) is 19.9 Å². The Hall–Kier alpha value is -1.26. The minimum absolute atomic E-state index is 0.787. The molecule has 0 saturated heterocycles. The van der Waals surface area contributed by atoms with Crippen LogP contribution in [-0.4, -0.2) is 45.4 Å². The van der Waals surface area contributed by atoms with Crippen LogP contribution in [0.25, 0.3) is 0 Å². The highest BCUT2D eigenvalue weighted by Crippen LogP contribution is 2.33. The molecule has 0 unspecified atom stereocenters. The predicted molar refractivity (Wildman–Crippen MR) is 75.0 cm³/mol. The lowest BCUT2D eigenvalue weighted by molar-refractivity contribution is 0.108. The second-order valence-corrected chi connectivity index (χ2v) is 4.70. The summed E-state index contributed by atoms with van der Waals surface area (Å²) in [5, 5.41) is 0. The molecule has 0 atom stereocenters. The van der Waals surface area contributed by atoms with E-state index >= 15 is 0 Å². The number of methoxy groups -OCH3 is 2. The zero-order chi connectivity index (χ0) is 13.7. The topological polar surface area (TPSA) is 30.9 Å². The highest BCUT2D eigenvalue weighted by molar-refractivity contribution is 5.48. The molecule has 0 bridgehead atoms. The third kappa shape index (κ3) is 3.39. The van der Waals surface area contributed by atoms with Crippen LogP contribution >= 0.6 is 0 Å². The number of ether oxygens (including phenoxy) is 3. The Morgan fingerprint density at radius 3 is 2.42 bits per heavy atom. The van der Waals surface area contributed by atoms with Crippen LogP contribution in [0.15, 0.2) is 12.1 Å². The molecule has 0 fully saturated rings. The van der Waals surface area contributed by atoms with Crippen LogP contribution < -0.4 is 9.47 Å². The number of nitrogens with zero attached hydrogens (tertiary/aromatic N) is 1. The fourth-order valence-corrected chi connectivity index (χ4v) is 2.47. The predicted octanol–water partition coefficient (Wildman–Crippen LogP) is 2.10. The second kappa shape index (κ2) is 6.78. The smallest absolute Gasteiger partial charge is 0.161 e. The molecule has 4 nitrogen and oxygen atoms in total. The van der Waals surface area contributed by atoms with E-state index in [1.807, 2.05) is 6.92 Å². The molecule has 0 aromatic heterocycles. The average Bonchev–Trinajstić information content (AvgIpc) is 2.46. The van der Waals surface area contributed by atoms with Gasteiger partial charge >= 0.3 is 0 Å². The third-order valence-corrected chi connectivity index (χ3v) is 3.55. The SMILES string of the molecule is CCOCCN1CCc2cc(OC)c(OC)cc2C1. The van der Waals surface area contributed by atoms with Crippen molar-refractivity contribution in [3.8, 4) is 11.5 Å². The standard InChI is InChI=1S/C15H23NO3/c1-4-19-8-7-16-6-5-12-9-14(17-2)15(18-3)10-13(12)11-16/h9-10H,4-8,11H2,1-3H3. The van der Waals surface area contributed by atoms with Crippen molar-refractivity contribution >= 4 is 0 Å². The summed E-state index contributed by atoms with van der Waals surface area (Å²) < 4.78 is 16.1. The summed E-state index contributed by atoms with van der Waals surface area (Å²) in [6.45, 7) is 6.65. The Bertz CT molecular complexity index is 420. The van der Waals surface area contributed by atoms with Crippen molar-refractivity contribution in [3.05, 3.63) is 23.3 Å². The Labute approximate surface area is 115 Å². The quantitative estimate of drug-likeness (QED) is 0.737. The van der Waals surface area contributed by atoms with E-state index < -0.39 is 0 Å². The van der Waals surface area contributed by atoms with Gasteiger partial charge in [-0.2, -0.15) is 0 Å². The Balaban J connectivity index is 2.07. The van der Waals surface area contributed by atoms with Gasteiger partial charge in [-0.25, -0.2) is 0 Å². The van der Waals surface area contributed by atoms with Crippen molar-refractivity contribution < 1.29 is 14.2 Å². The summed E-state index contributed by atoms with van der Waals surface area (Å²) in [4.78, 5) is 2.42. The van der Waals surface area contributed by atoms with Gasteiger partial charge in [0.2, 0.25) is 0 Å². The van der Waals surface area contributed by atoms with E-state index in [4.69, 9.17) is 14.2 Å². The first kappa shape index (κ1) is 14.2. The van der Waals surface area contributed by atoms with Crippen LogP contribution in [0.2, 0.25) is 0 Å². The maximum atomic E-state index is 5.42. The first-order valence-electron chi connectivity index (χ1n) is 6.82. The zero-order valence-corrected chi connectivity index (χ0v) is 12.1. The zero-order valence-electron chi connectivity index (χ0n) is 12.1. The average molecular weight is 265 g/mol. The van der Waals surface area contributed by atoms with E-state index in [9.17, 15) is 0 Å². The van der Waals surface area contributed by atoms with Gasteiger partial charge in [0.25, 0.3) is 0 Å². The molecule has 0 spiro atoms. The lowest BCUT2D eigenvalue weighted by Gasteiger charge is -2.29. The maximum absolute atomic E-state index is 5.42. The summed E-state index contributed by atoms with van der Waals surface area (Å²) >= 11 is 0. The highest BCUT2D eigenvalue weighted by atomic mass is 16.5. The molecule has 19 heavy (non-hydrogen) atoms. The monoisotopic (exact) mass is 265 g/mol. The molecule has 1 aliphatic rings. The van der Waals surface area contributed by atoms with Crippen molar-refractivity contribution in [3.63, 3.8) is 0 Å². The van der Waals surface area contributed by atoms with Crippen LogP contribution in [0.5, 0.6) is 11.5 Å². The number of benzene rings is 1. The van der Waals surface area contributed by atoms with Gasteiger partial charge < -0.3 is 14.2 Å². The molecule has 1 aromatic carbocycles. The molecular weight excluding hydrogens is 242 g/mol. The van der Waals surface area contributed by atoms with Gasteiger partial charge in [-0.3, -0.25) is 4.90 Å². The van der Waals surface area contributed by atoms with Crippen molar-refractivity contribution in [2.75, 3.05) is 40.5 Å². The van der Waals surface area contributed by atoms with Gasteiger partial charge in [0, 0.05) is 26.2 Å². The Kier molecular flexibility index (Phi) is 5.05. The molecule has 2 rings (SSSR count). The molecule has 106 valence electrons. The van der Waals surface area contributed by atoms with Crippen molar-refractivity contribution in [1.29, 1.82) is 0 Å². The van der Waals surface area contributed by atoms with E-state index in [0.29, 0.717) is 0 Å². The number of fused-ring (bicyclic) bond motifs is 1. The molecule has 1 aromatic rings. The summed E-state index contributed by atoms with van der Waals surface area (Å²) in [5.41, 5.74) is 2.70. The van der Waals surface area contributed by atoms with E-state index in [2.05, 4.69) is 17.0 Å². The number of hydrogen-bond acceptors (Lipinski definition) is 4. The summed E-state index contributed by atoms with van der Waals surface area (Å²) in [5.74, 6) is 1.64. The van der Waals surface area contributed by atoms with Crippen LogP contribution in [0, 0.1) is 0 Å². The second-order valence-electron chi connectivity index (χ2n) is 4.70. The summed E-state index contributed by atoms with van der Waals surface area (Å²) in [7, 11) is 3.36. The summed E-state index contributed by atoms with van der Waals surface area (Å²) in [6.07, 6.45) is 1.06. The highest BCUT2D eigenvalue weighted by Gasteiger charge is 2.18. The number of hydrogen-bond donors (Lipinski definition) is 0. The van der Waals surface area contributed by atoms with E-state index in [0.717, 1.165) is 50.8 Å². The van der Waals surface area contributed by atoms with E-state index in [-0.39, 0.29) is 0 Å². The van der Waals surface area contributed by atoms with E-state index in [1.165, 1.54) is 11.1 Å². The molecule has 0 saturated carbocycles. The first-order chi connectivity index (χ1) is 9.28. The molecule has 4 heteroatoms. The fraction of sp³-hybridized carbons (Fsp3) is 0.600. The number of rotatable bonds is 6. The molecule has 0 radical (unpaired) electrons. The lowest BCUT2D eigenvalue weighted by atomic mass is 9.99. The molecule has 0 aliphatic carbocycles.